The van der Waals surface area contributed by atoms with Crippen molar-refractivity contribution in [2.75, 3.05) is 15.6 Å². The van der Waals surface area contributed by atoms with Crippen LogP contribution >= 0.6 is 41.4 Å². The minimum atomic E-state index is -0.220. The van der Waals surface area contributed by atoms with Gasteiger partial charge in [0.2, 0.25) is 11.8 Å². The minimum Gasteiger partial charge on any atom is -0.320 e. The Labute approximate surface area is 351 Å². The summed E-state index contributed by atoms with van der Waals surface area (Å²) >= 11 is 2.15. The number of carbonyl (C=O) groups is 2. The number of carbonyl (C=O) groups excluding carboxylic acids is 2. The monoisotopic (exact) mass is 894 g/mol. The Balaban J connectivity index is -0.000000212. The first-order valence-electron chi connectivity index (χ1n) is 15.8. The van der Waals surface area contributed by atoms with Gasteiger partial charge in [0.1, 0.15) is 23.0 Å². The number of amides is 2. The number of aryl methyl sites for hydroxylation is 3. The molecule has 2 amide bonds. The van der Waals surface area contributed by atoms with E-state index in [4.69, 9.17) is 13.1 Å². The fourth-order valence-electron chi connectivity index (χ4n) is 4.15. The van der Waals surface area contributed by atoms with E-state index in [2.05, 4.69) is 95.3 Å². The number of halogens is 1. The summed E-state index contributed by atoms with van der Waals surface area (Å²) in [5.74, 6) is 0.415. The van der Waals surface area contributed by atoms with Crippen LogP contribution in [0.3, 0.4) is 0 Å². The SMILES string of the molecule is C.CC.CCc1ccccc1.CI.NP.NP.[B].[B].[C-]#[N+]c1c(-c2ccccc2)nn(C)c1NC(C)=O.[C-]#[N+]c1c(-c2ccccc2)nn(C)c1NC(C)=O. The van der Waals surface area contributed by atoms with E-state index >= 15 is 0 Å². The van der Waals surface area contributed by atoms with Crippen molar-refractivity contribution < 1.29 is 9.59 Å². The third-order valence-electron chi connectivity index (χ3n) is 6.20. The lowest BCUT2D eigenvalue weighted by Crippen LogP contribution is -2.09. The number of anilines is 2. The zero-order chi connectivity index (χ0) is 40.1. The molecule has 0 saturated carbocycles. The summed E-state index contributed by atoms with van der Waals surface area (Å²) < 4.78 is 3.02. The summed E-state index contributed by atoms with van der Waals surface area (Å²) in [6.07, 6.45) is 1.14. The Morgan fingerprint density at radius 2 is 0.945 bits per heavy atom. The molecule has 6 N–H and O–H groups in total. The van der Waals surface area contributed by atoms with Gasteiger partial charge in [0, 0.05) is 44.8 Å². The van der Waals surface area contributed by atoms with Gasteiger partial charge in [-0.15, -0.1) is 0 Å². The van der Waals surface area contributed by atoms with E-state index in [0.717, 1.165) is 17.5 Å². The Hall–Kier alpha value is -4.36. The molecule has 292 valence electrons. The molecule has 2 atom stereocenters. The fraction of sp³-hybridized carbons (Fsp3) is 0.263. The molecule has 0 bridgehead atoms. The molecule has 0 spiro atoms. The number of hydrogen-bond donors (Lipinski definition) is 4. The second-order valence-corrected chi connectivity index (χ2v) is 9.50. The van der Waals surface area contributed by atoms with Crippen LogP contribution in [0.5, 0.6) is 0 Å². The lowest BCUT2D eigenvalue weighted by Gasteiger charge is -2.02. The standard InChI is InChI=1S/2C13H12N4O.C8H10.C2H6.CH3I.CH4.2B.2H4NP/c2*1-9(18)15-13-12(14-2)11(16-17(13)3)10-7-5-4-6-8-10;1-2-8-6-4-3-5-7-8;2*1-2;;;;2*1-2/h2*4-8H,1,3H3,(H,15,18);3-7H,2H2,1H3;1-2H3;1H3;1H4;;;2*1-2H2. The molecule has 5 aromatic rings. The van der Waals surface area contributed by atoms with Gasteiger partial charge in [0.15, 0.2) is 0 Å². The smallest absolute Gasteiger partial charge is 0.255 e. The molecule has 0 saturated heterocycles. The van der Waals surface area contributed by atoms with E-state index < -0.39 is 0 Å². The van der Waals surface area contributed by atoms with E-state index in [0.29, 0.717) is 34.4 Å². The number of nitrogens with two attached hydrogens (primary N) is 2. The normalized spacial score (nSPS) is 8.20. The topological polar surface area (TPSA) is 155 Å². The van der Waals surface area contributed by atoms with Gasteiger partial charge < -0.3 is 21.6 Å². The molecule has 0 aliphatic carbocycles. The molecular weight excluding hydrogens is 839 g/mol. The fourth-order valence-corrected chi connectivity index (χ4v) is 4.15. The van der Waals surface area contributed by atoms with E-state index in [-0.39, 0.29) is 36.1 Å². The van der Waals surface area contributed by atoms with E-state index in [1.54, 1.807) is 14.1 Å². The average Bonchev–Trinajstić information content (AvgIpc) is 3.69. The molecule has 12 nitrogen and oxygen atoms in total. The van der Waals surface area contributed by atoms with Crippen LogP contribution in [-0.4, -0.2) is 53.1 Å². The van der Waals surface area contributed by atoms with Gasteiger partial charge >= 0.3 is 0 Å². The van der Waals surface area contributed by atoms with Crippen LogP contribution < -0.4 is 21.6 Å². The third-order valence-corrected chi connectivity index (χ3v) is 6.20. The van der Waals surface area contributed by atoms with Crippen LogP contribution in [0.4, 0.5) is 23.0 Å². The highest BCUT2D eigenvalue weighted by Crippen LogP contribution is 2.37. The highest BCUT2D eigenvalue weighted by Gasteiger charge is 2.19. The number of benzene rings is 3. The summed E-state index contributed by atoms with van der Waals surface area (Å²) in [5, 5.41) is 13.8. The van der Waals surface area contributed by atoms with Gasteiger partial charge in [-0.3, -0.25) is 19.0 Å². The van der Waals surface area contributed by atoms with Gasteiger partial charge in [0.25, 0.3) is 11.4 Å². The number of nitrogens with zero attached hydrogens (tertiary/aromatic N) is 6. The Bertz CT molecular complexity index is 1700. The number of alkyl halides is 1. The molecule has 6 radical (unpaired) electrons. The van der Waals surface area contributed by atoms with Crippen molar-refractivity contribution in [1.82, 2.24) is 19.6 Å². The van der Waals surface area contributed by atoms with Crippen molar-refractivity contribution in [2.24, 2.45) is 25.1 Å². The highest BCUT2D eigenvalue weighted by molar-refractivity contribution is 14.1. The maximum Gasteiger partial charge on any atom is 0.255 e. The molecule has 0 fully saturated rings. The van der Waals surface area contributed by atoms with E-state index in [9.17, 15) is 9.59 Å². The van der Waals surface area contributed by atoms with Gasteiger partial charge in [0.05, 0.1) is 13.1 Å². The Kier molecular flexibility index (Phi) is 39.9. The van der Waals surface area contributed by atoms with Gasteiger partial charge in [-0.25, -0.2) is 9.69 Å². The van der Waals surface area contributed by atoms with Crippen molar-refractivity contribution in [2.45, 2.75) is 48.5 Å². The van der Waals surface area contributed by atoms with Crippen LogP contribution in [0.1, 0.15) is 47.6 Å². The maximum atomic E-state index is 11.1. The zero-order valence-corrected chi connectivity index (χ0v) is 36.7. The van der Waals surface area contributed by atoms with Gasteiger partial charge in [-0.2, -0.15) is 10.2 Å². The lowest BCUT2D eigenvalue weighted by atomic mass is 10.1. The molecule has 5 rings (SSSR count). The van der Waals surface area contributed by atoms with Crippen LogP contribution in [0.2, 0.25) is 0 Å². The Morgan fingerprint density at radius 3 is 1.16 bits per heavy atom. The molecule has 3 aromatic carbocycles. The van der Waals surface area contributed by atoms with Crippen LogP contribution in [0.15, 0.2) is 91.0 Å². The lowest BCUT2D eigenvalue weighted by molar-refractivity contribution is -0.115. The van der Waals surface area contributed by atoms with Gasteiger partial charge in [-0.05, 0) is 28.0 Å². The molecule has 17 heteroatoms. The number of rotatable bonds is 5. The quantitative estimate of drug-likeness (QED) is 0.0455. The van der Waals surface area contributed by atoms with Crippen LogP contribution in [0.25, 0.3) is 32.2 Å². The van der Waals surface area contributed by atoms with Crippen molar-refractivity contribution in [1.29, 1.82) is 0 Å². The zero-order valence-electron chi connectivity index (χ0n) is 32.2. The average molecular weight is 894 g/mol. The van der Waals surface area contributed by atoms with Crippen LogP contribution in [-0.2, 0) is 30.1 Å². The van der Waals surface area contributed by atoms with Crippen LogP contribution in [0, 0.1) is 13.1 Å². The molecule has 2 aromatic heterocycles. The molecular formula is C38H55B2IN10O2P2. The minimum absolute atomic E-state index is 0. The highest BCUT2D eigenvalue weighted by atomic mass is 127. The maximum absolute atomic E-state index is 11.1. The number of hydrogen-bond acceptors (Lipinski definition) is 6. The summed E-state index contributed by atoms with van der Waals surface area (Å²) in [6.45, 7) is 23.5. The second kappa shape index (κ2) is 36.6. The van der Waals surface area contributed by atoms with Crippen molar-refractivity contribution in [3.8, 4) is 22.5 Å². The van der Waals surface area contributed by atoms with Crippen molar-refractivity contribution >= 4 is 93.0 Å². The number of aromatic nitrogens is 4. The molecule has 55 heavy (non-hydrogen) atoms. The molecule has 2 heterocycles. The first kappa shape index (κ1) is 59.9. The van der Waals surface area contributed by atoms with Crippen molar-refractivity contribution in [3.05, 3.63) is 119 Å². The predicted octanol–water partition coefficient (Wildman–Crippen LogP) is 8.86. The van der Waals surface area contributed by atoms with E-state index in [1.807, 2.05) is 104 Å². The summed E-state index contributed by atoms with van der Waals surface area (Å²) in [4.78, 5) is 31.2. The third kappa shape index (κ3) is 20.8. The second-order valence-electron chi connectivity index (χ2n) is 9.50. The summed E-state index contributed by atoms with van der Waals surface area (Å²) in [7, 11) is 7.23. The predicted molar refractivity (Wildman–Crippen MR) is 252 cm³/mol. The van der Waals surface area contributed by atoms with Crippen molar-refractivity contribution in [3.63, 3.8) is 0 Å². The molecule has 2 unspecified atom stereocenters. The Morgan fingerprint density at radius 1 is 0.673 bits per heavy atom. The first-order valence-corrected chi connectivity index (χ1v) is 19.3. The summed E-state index contributed by atoms with van der Waals surface area (Å²) in [6, 6.07) is 29.3. The van der Waals surface area contributed by atoms with E-state index in [1.165, 1.54) is 28.8 Å². The molecule has 0 aliphatic rings. The van der Waals surface area contributed by atoms with Gasteiger partial charge in [-0.1, -0.05) is 161 Å². The molecule has 0 aliphatic heterocycles. The first-order chi connectivity index (χ1) is 25.2. The summed E-state index contributed by atoms with van der Waals surface area (Å²) in [5.41, 5.74) is 13.8. The number of nitrogens with one attached hydrogen (secondary N) is 2. The largest absolute Gasteiger partial charge is 0.320 e.